The molecular weight excluding hydrogens is 372 g/mol. The molecule has 0 aromatic heterocycles. The number of fused-ring (bicyclic) bond motifs is 1. The third-order valence-corrected chi connectivity index (χ3v) is 5.52. The van der Waals surface area contributed by atoms with Gasteiger partial charge in [0, 0.05) is 18.7 Å². The second kappa shape index (κ2) is 7.95. The minimum absolute atomic E-state index is 0.0151. The molecule has 0 spiro atoms. The molecule has 4 rings (SSSR count). The SMILES string of the molecule is O=C1COc2ccc(C(=O)N3CCC(Cc4ccccc4C(=O)O)CC3)cc2N1. The van der Waals surface area contributed by atoms with Crippen molar-refractivity contribution in [3.63, 3.8) is 0 Å². The first-order chi connectivity index (χ1) is 14.0. The summed E-state index contributed by atoms with van der Waals surface area (Å²) in [6.45, 7) is 1.23. The lowest BCUT2D eigenvalue weighted by Gasteiger charge is -2.32. The Morgan fingerprint density at radius 1 is 1.14 bits per heavy atom. The van der Waals surface area contributed by atoms with Crippen LogP contribution >= 0.6 is 0 Å². The lowest BCUT2D eigenvalue weighted by molar-refractivity contribution is -0.118. The molecule has 2 N–H and O–H groups in total. The number of hydrogen-bond acceptors (Lipinski definition) is 4. The third kappa shape index (κ3) is 4.08. The molecule has 2 heterocycles. The molecule has 2 amide bonds. The summed E-state index contributed by atoms with van der Waals surface area (Å²) in [5.41, 5.74) is 2.23. The van der Waals surface area contributed by atoms with E-state index in [1.54, 1.807) is 30.3 Å². The summed E-state index contributed by atoms with van der Waals surface area (Å²) < 4.78 is 5.33. The van der Waals surface area contributed by atoms with Crippen molar-refractivity contribution in [2.45, 2.75) is 19.3 Å². The van der Waals surface area contributed by atoms with E-state index in [1.807, 2.05) is 17.0 Å². The quantitative estimate of drug-likeness (QED) is 0.831. The lowest BCUT2D eigenvalue weighted by Crippen LogP contribution is -2.39. The van der Waals surface area contributed by atoms with Gasteiger partial charge in [-0.15, -0.1) is 0 Å². The summed E-state index contributed by atoms with van der Waals surface area (Å²) in [5.74, 6) is -0.300. The van der Waals surface area contributed by atoms with Crippen molar-refractivity contribution in [1.29, 1.82) is 0 Å². The minimum Gasteiger partial charge on any atom is -0.482 e. The summed E-state index contributed by atoms with van der Waals surface area (Å²) in [7, 11) is 0. The normalized spacial score (nSPS) is 16.6. The van der Waals surface area contributed by atoms with Crippen molar-refractivity contribution < 1.29 is 24.2 Å². The van der Waals surface area contributed by atoms with Crippen molar-refractivity contribution in [1.82, 2.24) is 4.90 Å². The van der Waals surface area contributed by atoms with Crippen LogP contribution in [0.5, 0.6) is 5.75 Å². The number of ether oxygens (including phenoxy) is 1. The van der Waals surface area contributed by atoms with Crippen LogP contribution in [0.3, 0.4) is 0 Å². The van der Waals surface area contributed by atoms with Gasteiger partial charge in [-0.1, -0.05) is 18.2 Å². The first-order valence-electron chi connectivity index (χ1n) is 9.68. The van der Waals surface area contributed by atoms with Gasteiger partial charge in [0.1, 0.15) is 5.75 Å². The molecule has 2 aliphatic rings. The molecule has 150 valence electrons. The highest BCUT2D eigenvalue weighted by Gasteiger charge is 2.26. The number of piperidine rings is 1. The van der Waals surface area contributed by atoms with Crippen LogP contribution in [0.25, 0.3) is 0 Å². The van der Waals surface area contributed by atoms with Crippen LogP contribution in [-0.4, -0.2) is 47.5 Å². The monoisotopic (exact) mass is 394 g/mol. The summed E-state index contributed by atoms with van der Waals surface area (Å²) in [6.07, 6.45) is 2.35. The lowest BCUT2D eigenvalue weighted by atomic mass is 9.88. The molecule has 1 fully saturated rings. The van der Waals surface area contributed by atoms with Gasteiger partial charge >= 0.3 is 5.97 Å². The second-order valence-corrected chi connectivity index (χ2v) is 7.45. The molecule has 7 heteroatoms. The number of hydrogen-bond donors (Lipinski definition) is 2. The third-order valence-electron chi connectivity index (χ3n) is 5.52. The summed E-state index contributed by atoms with van der Waals surface area (Å²) in [6, 6.07) is 12.2. The van der Waals surface area contributed by atoms with Gasteiger partial charge in [-0.2, -0.15) is 0 Å². The fourth-order valence-electron chi connectivity index (χ4n) is 3.96. The first kappa shape index (κ1) is 19.0. The molecule has 2 aromatic carbocycles. The van der Waals surface area contributed by atoms with Gasteiger partial charge in [0.2, 0.25) is 0 Å². The molecule has 29 heavy (non-hydrogen) atoms. The maximum atomic E-state index is 12.9. The van der Waals surface area contributed by atoms with Crippen LogP contribution in [0, 0.1) is 5.92 Å². The van der Waals surface area contributed by atoms with Gasteiger partial charge in [0.05, 0.1) is 11.3 Å². The van der Waals surface area contributed by atoms with E-state index < -0.39 is 5.97 Å². The Labute approximate surface area is 168 Å². The second-order valence-electron chi connectivity index (χ2n) is 7.45. The molecule has 0 atom stereocenters. The highest BCUT2D eigenvalue weighted by molar-refractivity contribution is 5.99. The number of aromatic carboxylic acids is 1. The molecule has 2 aliphatic heterocycles. The highest BCUT2D eigenvalue weighted by Crippen LogP contribution is 2.30. The van der Waals surface area contributed by atoms with Crippen LogP contribution in [0.4, 0.5) is 5.69 Å². The van der Waals surface area contributed by atoms with Gasteiger partial charge in [-0.25, -0.2) is 4.79 Å². The molecule has 7 nitrogen and oxygen atoms in total. The average Bonchev–Trinajstić information content (AvgIpc) is 2.73. The van der Waals surface area contributed by atoms with E-state index in [2.05, 4.69) is 5.32 Å². The van der Waals surface area contributed by atoms with Crippen LogP contribution < -0.4 is 10.1 Å². The van der Waals surface area contributed by atoms with Crippen molar-refractivity contribution in [3.05, 3.63) is 59.2 Å². The number of carboxylic acids is 1. The number of likely N-dealkylation sites (tertiary alicyclic amines) is 1. The van der Waals surface area contributed by atoms with Crippen molar-refractivity contribution in [3.8, 4) is 5.75 Å². The Morgan fingerprint density at radius 3 is 2.66 bits per heavy atom. The average molecular weight is 394 g/mol. The number of rotatable bonds is 4. The molecule has 0 radical (unpaired) electrons. The zero-order valence-corrected chi connectivity index (χ0v) is 15.9. The number of carboxylic acid groups (broad SMARTS) is 1. The number of benzene rings is 2. The van der Waals surface area contributed by atoms with E-state index in [4.69, 9.17) is 4.74 Å². The van der Waals surface area contributed by atoms with Gasteiger partial charge in [0.25, 0.3) is 11.8 Å². The number of amides is 2. The molecule has 1 saturated heterocycles. The number of nitrogens with zero attached hydrogens (tertiary/aromatic N) is 1. The Hall–Kier alpha value is -3.35. The van der Waals surface area contributed by atoms with E-state index in [-0.39, 0.29) is 18.4 Å². The van der Waals surface area contributed by atoms with Gasteiger partial charge in [-0.05, 0) is 55.0 Å². The van der Waals surface area contributed by atoms with E-state index in [1.165, 1.54) is 0 Å². The Kier molecular flexibility index (Phi) is 5.20. The standard InChI is InChI=1S/C22H22N2O5/c25-20-13-29-19-6-5-16(12-18(19)23-20)21(26)24-9-7-14(8-10-24)11-15-3-1-2-4-17(15)22(27)28/h1-6,12,14H,7-11,13H2,(H,23,25)(H,27,28). The van der Waals surface area contributed by atoms with Gasteiger partial charge in [-0.3, -0.25) is 9.59 Å². The topological polar surface area (TPSA) is 95.9 Å². The molecule has 2 aromatic rings. The smallest absolute Gasteiger partial charge is 0.335 e. The minimum atomic E-state index is -0.906. The van der Waals surface area contributed by atoms with Crippen molar-refractivity contribution in [2.75, 3.05) is 25.0 Å². The fraction of sp³-hybridized carbons (Fsp3) is 0.318. The van der Waals surface area contributed by atoms with E-state index in [9.17, 15) is 19.5 Å². The van der Waals surface area contributed by atoms with E-state index in [0.717, 1.165) is 18.4 Å². The van der Waals surface area contributed by atoms with E-state index >= 15 is 0 Å². The van der Waals surface area contributed by atoms with Crippen LogP contribution in [-0.2, 0) is 11.2 Å². The number of nitrogens with one attached hydrogen (secondary N) is 1. The molecule has 0 saturated carbocycles. The maximum absolute atomic E-state index is 12.9. The number of carbonyl (C=O) groups excluding carboxylic acids is 2. The molecule has 0 aliphatic carbocycles. The number of anilines is 1. The largest absolute Gasteiger partial charge is 0.482 e. The van der Waals surface area contributed by atoms with E-state index in [0.29, 0.717) is 48.0 Å². The Balaban J connectivity index is 1.39. The zero-order valence-electron chi connectivity index (χ0n) is 15.9. The van der Waals surface area contributed by atoms with Crippen LogP contribution in [0.1, 0.15) is 39.1 Å². The fourth-order valence-corrected chi connectivity index (χ4v) is 3.96. The predicted molar refractivity (Wildman–Crippen MR) is 106 cm³/mol. The Morgan fingerprint density at radius 2 is 1.90 bits per heavy atom. The molecular formula is C22H22N2O5. The summed E-state index contributed by atoms with van der Waals surface area (Å²) in [5, 5.41) is 12.1. The van der Waals surface area contributed by atoms with Crippen molar-refractivity contribution in [2.24, 2.45) is 5.92 Å². The van der Waals surface area contributed by atoms with Crippen LogP contribution in [0.15, 0.2) is 42.5 Å². The van der Waals surface area contributed by atoms with Gasteiger partial charge < -0.3 is 20.1 Å². The molecule has 0 bridgehead atoms. The first-order valence-corrected chi connectivity index (χ1v) is 9.68. The summed E-state index contributed by atoms with van der Waals surface area (Å²) >= 11 is 0. The Bertz CT molecular complexity index is 963. The van der Waals surface area contributed by atoms with Crippen molar-refractivity contribution >= 4 is 23.5 Å². The van der Waals surface area contributed by atoms with Gasteiger partial charge in [0.15, 0.2) is 6.61 Å². The maximum Gasteiger partial charge on any atom is 0.335 e. The number of carbonyl (C=O) groups is 3. The highest BCUT2D eigenvalue weighted by atomic mass is 16.5. The molecule has 0 unspecified atom stereocenters. The predicted octanol–water partition coefficient (Wildman–Crippen LogP) is 2.81. The van der Waals surface area contributed by atoms with Crippen LogP contribution in [0.2, 0.25) is 0 Å². The zero-order chi connectivity index (χ0) is 20.4. The summed E-state index contributed by atoms with van der Waals surface area (Å²) in [4.78, 5) is 37.6.